The SMILES string of the molecule is CNc1cc(CC(C)(C)I)ncn1. The fraction of sp³-hybridized carbons (Fsp3) is 0.556. The van der Waals surface area contributed by atoms with Gasteiger partial charge in [-0.05, 0) is 0 Å². The highest BCUT2D eigenvalue weighted by Crippen LogP contribution is 2.21. The van der Waals surface area contributed by atoms with Gasteiger partial charge in [-0.25, -0.2) is 9.97 Å². The molecule has 0 amide bonds. The third-order valence-corrected chi connectivity index (χ3v) is 1.96. The van der Waals surface area contributed by atoms with Gasteiger partial charge in [0.15, 0.2) is 0 Å². The molecule has 0 aliphatic carbocycles. The first-order valence-electron chi connectivity index (χ1n) is 4.19. The second-order valence-electron chi connectivity index (χ2n) is 3.54. The van der Waals surface area contributed by atoms with Gasteiger partial charge in [-0.3, -0.25) is 0 Å². The van der Waals surface area contributed by atoms with E-state index in [4.69, 9.17) is 0 Å². The summed E-state index contributed by atoms with van der Waals surface area (Å²) in [5.41, 5.74) is 1.08. The molecule has 1 N–H and O–H groups in total. The van der Waals surface area contributed by atoms with Crippen molar-refractivity contribution in [1.82, 2.24) is 9.97 Å². The van der Waals surface area contributed by atoms with Gasteiger partial charge in [0.25, 0.3) is 0 Å². The van der Waals surface area contributed by atoms with E-state index < -0.39 is 0 Å². The Bertz CT molecular complexity index is 280. The monoisotopic (exact) mass is 291 g/mol. The van der Waals surface area contributed by atoms with Crippen molar-refractivity contribution in [2.24, 2.45) is 0 Å². The van der Waals surface area contributed by atoms with Crippen molar-refractivity contribution in [3.05, 3.63) is 18.1 Å². The van der Waals surface area contributed by atoms with Gasteiger partial charge >= 0.3 is 0 Å². The maximum Gasteiger partial charge on any atom is 0.129 e. The van der Waals surface area contributed by atoms with E-state index in [9.17, 15) is 0 Å². The van der Waals surface area contributed by atoms with Gasteiger partial charge in [-0.2, -0.15) is 0 Å². The van der Waals surface area contributed by atoms with Gasteiger partial charge in [0.2, 0.25) is 0 Å². The van der Waals surface area contributed by atoms with E-state index in [2.05, 4.69) is 51.7 Å². The molecule has 0 fully saturated rings. The maximum absolute atomic E-state index is 4.22. The van der Waals surface area contributed by atoms with Crippen LogP contribution in [0.4, 0.5) is 5.82 Å². The Balaban J connectivity index is 2.78. The minimum atomic E-state index is 0.247. The number of aromatic nitrogens is 2. The number of anilines is 1. The second kappa shape index (κ2) is 4.21. The van der Waals surface area contributed by atoms with Gasteiger partial charge in [0.1, 0.15) is 12.1 Å². The van der Waals surface area contributed by atoms with Crippen LogP contribution in [0.25, 0.3) is 0 Å². The van der Waals surface area contributed by atoms with E-state index in [-0.39, 0.29) is 3.42 Å². The van der Waals surface area contributed by atoms with Gasteiger partial charge in [-0.15, -0.1) is 0 Å². The fourth-order valence-electron chi connectivity index (χ4n) is 1.06. The van der Waals surface area contributed by atoms with Crippen molar-refractivity contribution in [2.45, 2.75) is 23.7 Å². The first-order chi connectivity index (χ1) is 6.01. The Morgan fingerprint density at radius 3 is 2.69 bits per heavy atom. The molecule has 1 rings (SSSR count). The summed E-state index contributed by atoms with van der Waals surface area (Å²) in [7, 11) is 1.86. The summed E-state index contributed by atoms with van der Waals surface area (Å²) < 4.78 is 0.247. The summed E-state index contributed by atoms with van der Waals surface area (Å²) in [5, 5.41) is 3.00. The summed E-state index contributed by atoms with van der Waals surface area (Å²) in [6, 6.07) is 1.99. The van der Waals surface area contributed by atoms with Crippen molar-refractivity contribution >= 4 is 28.4 Å². The zero-order valence-electron chi connectivity index (χ0n) is 8.13. The van der Waals surface area contributed by atoms with Crippen LogP contribution in [0, 0.1) is 0 Å². The minimum absolute atomic E-state index is 0.247. The quantitative estimate of drug-likeness (QED) is 0.686. The summed E-state index contributed by atoms with van der Waals surface area (Å²) >= 11 is 2.42. The van der Waals surface area contributed by atoms with E-state index in [1.165, 1.54) is 0 Å². The number of nitrogens with one attached hydrogen (secondary N) is 1. The van der Waals surface area contributed by atoms with Gasteiger partial charge < -0.3 is 5.32 Å². The third kappa shape index (κ3) is 3.89. The molecule has 1 heterocycles. The number of alkyl halides is 1. The van der Waals surface area contributed by atoms with Crippen LogP contribution < -0.4 is 5.32 Å². The first kappa shape index (κ1) is 10.7. The molecule has 72 valence electrons. The Morgan fingerprint density at radius 2 is 2.15 bits per heavy atom. The van der Waals surface area contributed by atoms with E-state index in [0.29, 0.717) is 0 Å². The maximum atomic E-state index is 4.22. The van der Waals surface area contributed by atoms with Crippen molar-refractivity contribution in [1.29, 1.82) is 0 Å². The van der Waals surface area contributed by atoms with Crippen LogP contribution in [-0.4, -0.2) is 20.4 Å². The summed E-state index contributed by atoms with van der Waals surface area (Å²) in [4.78, 5) is 8.28. The van der Waals surface area contributed by atoms with Crippen LogP contribution in [-0.2, 0) is 6.42 Å². The van der Waals surface area contributed by atoms with Crippen molar-refractivity contribution in [3.63, 3.8) is 0 Å². The van der Waals surface area contributed by atoms with Crippen LogP contribution in [0.15, 0.2) is 12.4 Å². The van der Waals surface area contributed by atoms with E-state index in [0.717, 1.165) is 17.9 Å². The van der Waals surface area contributed by atoms with E-state index in [1.54, 1.807) is 6.33 Å². The zero-order chi connectivity index (χ0) is 9.90. The topological polar surface area (TPSA) is 37.8 Å². The molecular weight excluding hydrogens is 277 g/mol. The lowest BCUT2D eigenvalue weighted by Crippen LogP contribution is -2.14. The Labute approximate surface area is 92.5 Å². The number of nitrogens with zero attached hydrogens (tertiary/aromatic N) is 2. The molecule has 0 unspecified atom stereocenters. The molecule has 0 aromatic carbocycles. The molecule has 0 bridgehead atoms. The predicted molar refractivity (Wildman–Crippen MR) is 63.4 cm³/mol. The average molecular weight is 291 g/mol. The van der Waals surface area contributed by atoms with Crippen molar-refractivity contribution in [2.75, 3.05) is 12.4 Å². The van der Waals surface area contributed by atoms with Crippen LogP contribution in [0.1, 0.15) is 19.5 Å². The van der Waals surface area contributed by atoms with E-state index in [1.807, 2.05) is 13.1 Å². The average Bonchev–Trinajstić information content (AvgIpc) is 2.01. The van der Waals surface area contributed by atoms with Crippen LogP contribution >= 0.6 is 22.6 Å². The molecule has 1 aromatic heterocycles. The second-order valence-corrected chi connectivity index (χ2v) is 6.46. The normalized spacial score (nSPS) is 11.4. The van der Waals surface area contributed by atoms with Crippen molar-refractivity contribution < 1.29 is 0 Å². The first-order valence-corrected chi connectivity index (χ1v) is 5.27. The molecule has 0 aliphatic heterocycles. The largest absolute Gasteiger partial charge is 0.373 e. The summed E-state index contributed by atoms with van der Waals surface area (Å²) in [6.45, 7) is 4.38. The molecule has 13 heavy (non-hydrogen) atoms. The van der Waals surface area contributed by atoms with Gasteiger partial charge in [0, 0.05) is 28.7 Å². The van der Waals surface area contributed by atoms with Crippen LogP contribution in [0.2, 0.25) is 0 Å². The van der Waals surface area contributed by atoms with Gasteiger partial charge in [0.05, 0.1) is 0 Å². The highest BCUT2D eigenvalue weighted by atomic mass is 127. The molecule has 0 saturated heterocycles. The Morgan fingerprint density at radius 1 is 1.46 bits per heavy atom. The van der Waals surface area contributed by atoms with Crippen molar-refractivity contribution in [3.8, 4) is 0 Å². The number of rotatable bonds is 3. The number of hydrogen-bond acceptors (Lipinski definition) is 3. The fourth-order valence-corrected chi connectivity index (χ4v) is 1.45. The molecule has 0 aliphatic rings. The molecular formula is C9H14IN3. The molecule has 0 atom stereocenters. The molecule has 0 spiro atoms. The molecule has 4 heteroatoms. The highest BCUT2D eigenvalue weighted by molar-refractivity contribution is 14.1. The Hall–Kier alpha value is -0.390. The van der Waals surface area contributed by atoms with E-state index >= 15 is 0 Å². The lowest BCUT2D eigenvalue weighted by atomic mass is 10.1. The lowest BCUT2D eigenvalue weighted by molar-refractivity contribution is 0.725. The molecule has 0 radical (unpaired) electrons. The zero-order valence-corrected chi connectivity index (χ0v) is 10.3. The molecule has 1 aromatic rings. The Kier molecular flexibility index (Phi) is 3.47. The third-order valence-electron chi connectivity index (χ3n) is 1.58. The van der Waals surface area contributed by atoms with Crippen LogP contribution in [0.5, 0.6) is 0 Å². The standard InChI is InChI=1S/C9H14IN3/c1-9(2,10)5-7-4-8(11-3)13-6-12-7/h4,6H,5H2,1-3H3,(H,11,12,13). The summed E-state index contributed by atoms with van der Waals surface area (Å²) in [5.74, 6) is 0.880. The van der Waals surface area contributed by atoms with Gasteiger partial charge in [-0.1, -0.05) is 36.4 Å². The smallest absolute Gasteiger partial charge is 0.129 e. The van der Waals surface area contributed by atoms with Crippen LogP contribution in [0.3, 0.4) is 0 Å². The highest BCUT2D eigenvalue weighted by Gasteiger charge is 2.14. The number of hydrogen-bond donors (Lipinski definition) is 1. The molecule has 3 nitrogen and oxygen atoms in total. The summed E-state index contributed by atoms with van der Waals surface area (Å²) in [6.07, 6.45) is 2.56. The lowest BCUT2D eigenvalue weighted by Gasteiger charge is -2.15. The number of halogens is 1. The molecule has 0 saturated carbocycles. The predicted octanol–water partition coefficient (Wildman–Crippen LogP) is 2.27. The minimum Gasteiger partial charge on any atom is -0.373 e.